The Morgan fingerprint density at radius 1 is 1.03 bits per heavy atom. The van der Waals surface area contributed by atoms with Crippen molar-refractivity contribution < 1.29 is 28.7 Å². The molecular weight excluding hydrogens is 492 g/mol. The van der Waals surface area contributed by atoms with Gasteiger partial charge in [0.2, 0.25) is 0 Å². The predicted molar refractivity (Wildman–Crippen MR) is 145 cm³/mol. The summed E-state index contributed by atoms with van der Waals surface area (Å²) >= 11 is 0. The van der Waals surface area contributed by atoms with Crippen LogP contribution in [0.15, 0.2) is 12.2 Å². The molecule has 214 valence electrons. The highest BCUT2D eigenvalue weighted by Crippen LogP contribution is 2.81. The van der Waals surface area contributed by atoms with Gasteiger partial charge in [0.15, 0.2) is 0 Å². The lowest BCUT2D eigenvalue weighted by Gasteiger charge is -2.73. The lowest BCUT2D eigenvalue weighted by molar-refractivity contribution is -0.235. The maximum Gasteiger partial charge on any atom is 0.318 e. The number of hydrogen-bond donors (Lipinski definition) is 0. The van der Waals surface area contributed by atoms with Crippen LogP contribution >= 0.6 is 0 Å². The van der Waals surface area contributed by atoms with Gasteiger partial charge >= 0.3 is 17.9 Å². The highest BCUT2D eigenvalue weighted by Gasteiger charge is 2.83. The molecule has 5 fully saturated rings. The molecule has 11 atom stereocenters. The number of esters is 3. The normalized spacial score (nSPS) is 48.3. The maximum absolute atomic E-state index is 14.6. The smallest absolute Gasteiger partial charge is 0.318 e. The monoisotopic (exact) mass is 538 g/mol. The molecule has 2 unspecified atom stereocenters. The van der Waals surface area contributed by atoms with E-state index >= 15 is 0 Å². The van der Waals surface area contributed by atoms with E-state index in [9.17, 15) is 19.2 Å². The van der Waals surface area contributed by atoms with Crippen LogP contribution in [0.2, 0.25) is 0 Å². The summed E-state index contributed by atoms with van der Waals surface area (Å²) in [7, 11) is 0. The van der Waals surface area contributed by atoms with Crippen molar-refractivity contribution in [2.45, 2.75) is 105 Å². The summed E-state index contributed by atoms with van der Waals surface area (Å²) in [5.74, 6) is -0.741. The molecule has 6 heteroatoms. The van der Waals surface area contributed by atoms with E-state index in [4.69, 9.17) is 9.47 Å². The predicted octanol–water partition coefficient (Wildman–Crippen LogP) is 6.06. The molecule has 0 aromatic carbocycles. The molecule has 1 heterocycles. The lowest BCUT2D eigenvalue weighted by atomic mass is 9.28. The molecule has 0 radical (unpaired) electrons. The molecular formula is C33H46O6. The van der Waals surface area contributed by atoms with Gasteiger partial charge in [-0.2, -0.15) is 0 Å². The number of carbonyl (C=O) groups is 4. The second-order valence-electron chi connectivity index (χ2n) is 15.1. The number of fused-ring (bicyclic) bond motifs is 1. The SMILES string of the molecule is CC(=O)O[C@H]1CC[C@]2(C)[C@H]3C(=O)C[C@]4(C)[C@@H]([C@H](C)CCCC(C)C)CC[C@H]4[C@@]34C=C[C@]2(C1)C1C(=O)OC(=O)C14. The molecule has 2 spiro atoms. The Balaban J connectivity index is 1.45. The summed E-state index contributed by atoms with van der Waals surface area (Å²) in [6.07, 6.45) is 12.1. The minimum absolute atomic E-state index is 0.161. The van der Waals surface area contributed by atoms with Gasteiger partial charge in [-0.3, -0.25) is 19.2 Å². The minimum atomic E-state index is -0.725. The average Bonchev–Trinajstić information content (AvgIpc) is 3.35. The standard InChI is InChI=1S/C33H46O6/c1-18(2)8-7-9-19(3)22-10-11-24-30(22,5)17-23(35)27-31(6)13-12-21(38-20(4)34)16-32(31)14-15-33(24,27)26-25(32)28(36)39-29(26)37/h14-15,18-19,21-22,24-27H,7-13,16-17H2,1-6H3/t19-,21+,22-,24-,25?,26?,27-,30-,31-,32+,33-/m1/s1. The third-order valence-corrected chi connectivity index (χ3v) is 12.9. The molecule has 2 bridgehead atoms. The number of hydrogen-bond acceptors (Lipinski definition) is 6. The van der Waals surface area contributed by atoms with Crippen LogP contribution in [0.1, 0.15) is 99.3 Å². The van der Waals surface area contributed by atoms with E-state index in [0.717, 1.165) is 19.3 Å². The van der Waals surface area contributed by atoms with Gasteiger partial charge in [-0.1, -0.05) is 66.0 Å². The van der Waals surface area contributed by atoms with Crippen molar-refractivity contribution in [2.75, 3.05) is 0 Å². The van der Waals surface area contributed by atoms with Gasteiger partial charge in [0.25, 0.3) is 0 Å². The second-order valence-corrected chi connectivity index (χ2v) is 15.1. The first-order valence-electron chi connectivity index (χ1n) is 15.5. The zero-order chi connectivity index (χ0) is 28.1. The van der Waals surface area contributed by atoms with Gasteiger partial charge in [-0.25, -0.2) is 0 Å². The van der Waals surface area contributed by atoms with Gasteiger partial charge in [0.05, 0.1) is 11.8 Å². The molecule has 1 aliphatic heterocycles. The molecule has 1 saturated heterocycles. The average molecular weight is 539 g/mol. The Bertz CT molecular complexity index is 1140. The summed E-state index contributed by atoms with van der Waals surface area (Å²) in [5, 5.41) is 0. The largest absolute Gasteiger partial charge is 0.463 e. The number of ketones is 1. The van der Waals surface area contributed by atoms with Crippen LogP contribution in [0.25, 0.3) is 0 Å². The maximum atomic E-state index is 14.6. The van der Waals surface area contributed by atoms with Crippen LogP contribution < -0.4 is 0 Å². The molecule has 4 saturated carbocycles. The minimum Gasteiger partial charge on any atom is -0.463 e. The summed E-state index contributed by atoms with van der Waals surface area (Å²) in [5.41, 5.74) is -2.09. The Morgan fingerprint density at radius 2 is 1.74 bits per heavy atom. The van der Waals surface area contributed by atoms with Crippen molar-refractivity contribution in [3.05, 3.63) is 12.2 Å². The Labute approximate surface area is 233 Å². The van der Waals surface area contributed by atoms with Gasteiger partial charge in [-0.15, -0.1) is 0 Å². The first-order chi connectivity index (χ1) is 18.3. The molecule has 0 aromatic heterocycles. The van der Waals surface area contributed by atoms with E-state index in [0.29, 0.717) is 43.4 Å². The third-order valence-electron chi connectivity index (χ3n) is 12.9. The van der Waals surface area contributed by atoms with Crippen LogP contribution in [0.5, 0.6) is 0 Å². The number of carbonyl (C=O) groups excluding carboxylic acids is 4. The van der Waals surface area contributed by atoms with E-state index in [2.05, 4.69) is 46.8 Å². The van der Waals surface area contributed by atoms with Gasteiger partial charge < -0.3 is 9.47 Å². The van der Waals surface area contributed by atoms with E-state index in [1.54, 1.807) is 0 Å². The third kappa shape index (κ3) is 3.38. The van der Waals surface area contributed by atoms with E-state index in [1.165, 1.54) is 19.8 Å². The van der Waals surface area contributed by atoms with Crippen LogP contribution in [0.4, 0.5) is 0 Å². The van der Waals surface area contributed by atoms with Crippen molar-refractivity contribution in [1.82, 2.24) is 0 Å². The second kappa shape index (κ2) is 8.76. The van der Waals surface area contributed by atoms with Crippen molar-refractivity contribution in [3.8, 4) is 0 Å². The van der Waals surface area contributed by atoms with Crippen molar-refractivity contribution in [2.24, 2.45) is 63.1 Å². The fourth-order valence-electron chi connectivity index (χ4n) is 11.7. The topological polar surface area (TPSA) is 86.7 Å². The zero-order valence-electron chi connectivity index (χ0n) is 24.6. The number of ether oxygens (including phenoxy) is 2. The molecule has 39 heavy (non-hydrogen) atoms. The molecule has 0 N–H and O–H groups in total. The molecule has 6 nitrogen and oxygen atoms in total. The summed E-state index contributed by atoms with van der Waals surface area (Å²) in [6, 6.07) is 0. The fourth-order valence-corrected chi connectivity index (χ4v) is 11.7. The van der Waals surface area contributed by atoms with Crippen LogP contribution in [0.3, 0.4) is 0 Å². The van der Waals surface area contributed by atoms with Crippen molar-refractivity contribution in [1.29, 1.82) is 0 Å². The van der Waals surface area contributed by atoms with Gasteiger partial charge in [-0.05, 0) is 66.6 Å². The molecule has 6 aliphatic carbocycles. The summed E-state index contributed by atoms with van der Waals surface area (Å²) < 4.78 is 11.1. The van der Waals surface area contributed by atoms with Crippen molar-refractivity contribution >= 4 is 23.7 Å². The highest BCUT2D eigenvalue weighted by atomic mass is 16.6. The van der Waals surface area contributed by atoms with E-state index in [-0.39, 0.29) is 35.1 Å². The lowest BCUT2D eigenvalue weighted by Crippen LogP contribution is -2.74. The van der Waals surface area contributed by atoms with Crippen LogP contribution in [-0.4, -0.2) is 29.8 Å². The number of allylic oxidation sites excluding steroid dienone is 2. The highest BCUT2D eigenvalue weighted by molar-refractivity contribution is 6.00. The first-order valence-corrected chi connectivity index (χ1v) is 15.5. The number of rotatable bonds is 6. The fraction of sp³-hybridized carbons (Fsp3) is 0.818. The van der Waals surface area contributed by atoms with Gasteiger partial charge in [0, 0.05) is 30.1 Å². The quantitative estimate of drug-likeness (QED) is 0.232. The van der Waals surface area contributed by atoms with E-state index in [1.807, 2.05) is 0 Å². The Kier molecular flexibility index (Phi) is 6.11. The molecule has 0 aromatic rings. The zero-order valence-corrected chi connectivity index (χ0v) is 24.6. The molecule has 7 rings (SSSR count). The first kappa shape index (κ1) is 27.2. The Hall–Kier alpha value is -1.98. The molecule has 7 aliphatic rings. The number of cyclic esters (lactones) is 2. The summed E-state index contributed by atoms with van der Waals surface area (Å²) in [6.45, 7) is 12.8. The Morgan fingerprint density at radius 3 is 2.44 bits per heavy atom. The van der Waals surface area contributed by atoms with Gasteiger partial charge in [0.1, 0.15) is 11.9 Å². The van der Waals surface area contributed by atoms with Crippen LogP contribution in [0, 0.1) is 63.1 Å². The van der Waals surface area contributed by atoms with Crippen molar-refractivity contribution in [3.63, 3.8) is 0 Å². The summed E-state index contributed by atoms with van der Waals surface area (Å²) in [4.78, 5) is 53.6. The molecule has 0 amide bonds. The number of Topliss-reactive ketones (excluding diaryl/α,β-unsaturated/α-hetero) is 1. The van der Waals surface area contributed by atoms with E-state index < -0.39 is 40.0 Å². The van der Waals surface area contributed by atoms with Crippen LogP contribution in [-0.2, 0) is 28.7 Å².